The summed E-state index contributed by atoms with van der Waals surface area (Å²) < 4.78 is 0. The molecule has 0 aliphatic heterocycles. The number of carboxylic acid groups (broad SMARTS) is 1. The van der Waals surface area contributed by atoms with E-state index in [0.29, 0.717) is 11.7 Å². The molecule has 0 heterocycles. The fourth-order valence-corrected chi connectivity index (χ4v) is 3.06. The standard InChI is InChI=1S/C12H25N.C7H7NO2/c1-10(13-12(2,3)4)11-8-6-5-7-9-11;8-6-3-1-5(2-4-6)7(9)10/h10-11,13H,5-9H2,1-4H3;1-4H,8H2,(H,9,10). The van der Waals surface area contributed by atoms with Gasteiger partial charge in [0.1, 0.15) is 0 Å². The molecule has 1 aromatic carbocycles. The van der Waals surface area contributed by atoms with Crippen molar-refractivity contribution in [3.05, 3.63) is 29.8 Å². The van der Waals surface area contributed by atoms with Crippen molar-refractivity contribution in [1.29, 1.82) is 0 Å². The highest BCUT2D eigenvalue weighted by Gasteiger charge is 2.23. The van der Waals surface area contributed by atoms with Gasteiger partial charge in [-0.25, -0.2) is 4.79 Å². The van der Waals surface area contributed by atoms with Crippen LogP contribution in [0.1, 0.15) is 70.2 Å². The zero-order valence-corrected chi connectivity index (χ0v) is 14.9. The molecule has 23 heavy (non-hydrogen) atoms. The molecule has 1 saturated carbocycles. The van der Waals surface area contributed by atoms with E-state index in [9.17, 15) is 4.79 Å². The number of anilines is 1. The lowest BCUT2D eigenvalue weighted by molar-refractivity contribution is 0.0697. The van der Waals surface area contributed by atoms with Crippen LogP contribution < -0.4 is 11.1 Å². The Balaban J connectivity index is 0.000000238. The van der Waals surface area contributed by atoms with E-state index in [1.165, 1.54) is 44.2 Å². The quantitative estimate of drug-likeness (QED) is 0.725. The van der Waals surface area contributed by atoms with E-state index >= 15 is 0 Å². The van der Waals surface area contributed by atoms with Crippen molar-refractivity contribution in [3.63, 3.8) is 0 Å². The molecule has 4 N–H and O–H groups in total. The first kappa shape index (κ1) is 19.5. The summed E-state index contributed by atoms with van der Waals surface area (Å²) in [5.74, 6) is -0.00650. The molecule has 1 unspecified atom stereocenters. The third-order valence-electron chi connectivity index (χ3n) is 4.18. The van der Waals surface area contributed by atoms with Crippen molar-refractivity contribution in [1.82, 2.24) is 5.32 Å². The molecule has 0 radical (unpaired) electrons. The number of hydrogen-bond donors (Lipinski definition) is 3. The number of benzene rings is 1. The average molecular weight is 320 g/mol. The summed E-state index contributed by atoms with van der Waals surface area (Å²) >= 11 is 0. The van der Waals surface area contributed by atoms with E-state index in [-0.39, 0.29) is 11.1 Å². The summed E-state index contributed by atoms with van der Waals surface area (Å²) in [5.41, 5.74) is 6.44. The van der Waals surface area contributed by atoms with Crippen molar-refractivity contribution < 1.29 is 9.90 Å². The Kier molecular flexibility index (Phi) is 7.56. The minimum absolute atomic E-state index is 0.259. The second-order valence-electron chi connectivity index (χ2n) is 7.51. The van der Waals surface area contributed by atoms with Crippen LogP contribution in [0.2, 0.25) is 0 Å². The second-order valence-corrected chi connectivity index (χ2v) is 7.51. The smallest absolute Gasteiger partial charge is 0.335 e. The van der Waals surface area contributed by atoms with Crippen LogP contribution in [0.25, 0.3) is 0 Å². The van der Waals surface area contributed by atoms with Crippen molar-refractivity contribution in [2.45, 2.75) is 71.4 Å². The lowest BCUT2D eigenvalue weighted by Gasteiger charge is -2.33. The Morgan fingerprint density at radius 1 is 1.17 bits per heavy atom. The third kappa shape index (κ3) is 8.03. The van der Waals surface area contributed by atoms with E-state index in [0.717, 1.165) is 5.92 Å². The SMILES string of the molecule is CC(NC(C)(C)C)C1CCCCC1.Nc1ccc(C(=O)O)cc1. The molecule has 130 valence electrons. The van der Waals surface area contributed by atoms with Gasteiger partial charge in [-0.15, -0.1) is 0 Å². The number of rotatable bonds is 3. The Morgan fingerprint density at radius 3 is 2.13 bits per heavy atom. The van der Waals surface area contributed by atoms with Crippen molar-refractivity contribution in [2.24, 2.45) is 5.92 Å². The monoisotopic (exact) mass is 320 g/mol. The van der Waals surface area contributed by atoms with Crippen LogP contribution in [0.4, 0.5) is 5.69 Å². The molecule has 0 spiro atoms. The maximum absolute atomic E-state index is 10.3. The normalized spacial score (nSPS) is 17.0. The molecular weight excluding hydrogens is 288 g/mol. The van der Waals surface area contributed by atoms with Gasteiger partial charge in [-0.05, 0) is 70.7 Å². The predicted octanol–water partition coefficient (Wildman–Crippen LogP) is 4.31. The minimum atomic E-state index is -0.931. The molecule has 1 fully saturated rings. The first-order valence-corrected chi connectivity index (χ1v) is 8.55. The van der Waals surface area contributed by atoms with E-state index in [4.69, 9.17) is 10.8 Å². The summed E-state index contributed by atoms with van der Waals surface area (Å²) in [5, 5.41) is 12.1. The van der Waals surface area contributed by atoms with E-state index in [2.05, 4.69) is 33.0 Å². The number of carboxylic acids is 1. The first-order valence-electron chi connectivity index (χ1n) is 8.55. The van der Waals surface area contributed by atoms with Crippen LogP contribution in [0.15, 0.2) is 24.3 Å². The molecule has 4 heteroatoms. The average Bonchev–Trinajstić information content (AvgIpc) is 2.47. The Labute approximate surface area is 140 Å². The van der Waals surface area contributed by atoms with Gasteiger partial charge in [0.15, 0.2) is 0 Å². The number of nitrogens with one attached hydrogen (secondary N) is 1. The molecule has 1 atom stereocenters. The topological polar surface area (TPSA) is 75.3 Å². The molecule has 2 rings (SSSR count). The molecule has 0 bridgehead atoms. The third-order valence-corrected chi connectivity index (χ3v) is 4.18. The Morgan fingerprint density at radius 2 is 1.70 bits per heavy atom. The van der Waals surface area contributed by atoms with Gasteiger partial charge in [0.2, 0.25) is 0 Å². The fourth-order valence-electron chi connectivity index (χ4n) is 3.06. The molecule has 1 aliphatic carbocycles. The highest BCUT2D eigenvalue weighted by Crippen LogP contribution is 2.27. The molecule has 0 aromatic heterocycles. The Bertz CT molecular complexity index is 471. The summed E-state index contributed by atoms with van der Waals surface area (Å²) in [6.07, 6.45) is 7.22. The highest BCUT2D eigenvalue weighted by atomic mass is 16.4. The van der Waals surface area contributed by atoms with Crippen LogP contribution in [0.3, 0.4) is 0 Å². The lowest BCUT2D eigenvalue weighted by Crippen LogP contribution is -2.46. The zero-order valence-electron chi connectivity index (χ0n) is 14.9. The van der Waals surface area contributed by atoms with Gasteiger partial charge in [-0.1, -0.05) is 19.3 Å². The molecule has 4 nitrogen and oxygen atoms in total. The molecule has 0 saturated heterocycles. The number of hydrogen-bond acceptors (Lipinski definition) is 3. The number of nitrogens with two attached hydrogens (primary N) is 1. The molecular formula is C19H32N2O2. The van der Waals surface area contributed by atoms with Crippen molar-refractivity contribution >= 4 is 11.7 Å². The first-order chi connectivity index (χ1) is 10.7. The maximum Gasteiger partial charge on any atom is 0.335 e. The molecule has 1 aliphatic rings. The van der Waals surface area contributed by atoms with E-state index in [1.54, 1.807) is 12.1 Å². The van der Waals surface area contributed by atoms with Crippen LogP contribution in [-0.2, 0) is 0 Å². The zero-order chi connectivity index (χ0) is 17.5. The number of aromatic carboxylic acids is 1. The van der Waals surface area contributed by atoms with E-state index in [1.807, 2.05) is 0 Å². The summed E-state index contributed by atoms with van der Waals surface area (Å²) in [6.45, 7) is 9.12. The van der Waals surface area contributed by atoms with Crippen molar-refractivity contribution in [3.8, 4) is 0 Å². The summed E-state index contributed by atoms with van der Waals surface area (Å²) in [6, 6.07) is 6.75. The second kappa shape index (κ2) is 8.92. The van der Waals surface area contributed by atoms with Crippen molar-refractivity contribution in [2.75, 3.05) is 5.73 Å². The fraction of sp³-hybridized carbons (Fsp3) is 0.632. The van der Waals surface area contributed by atoms with Gasteiger partial charge >= 0.3 is 5.97 Å². The van der Waals surface area contributed by atoms with E-state index < -0.39 is 5.97 Å². The Hall–Kier alpha value is -1.55. The van der Waals surface area contributed by atoms with Gasteiger partial charge in [0.25, 0.3) is 0 Å². The molecule has 1 aromatic rings. The number of nitrogen functional groups attached to an aromatic ring is 1. The van der Waals surface area contributed by atoms with Crippen LogP contribution in [0, 0.1) is 5.92 Å². The minimum Gasteiger partial charge on any atom is -0.478 e. The maximum atomic E-state index is 10.3. The lowest BCUT2D eigenvalue weighted by atomic mass is 9.84. The summed E-state index contributed by atoms with van der Waals surface area (Å²) in [7, 11) is 0. The van der Waals surface area contributed by atoms with Crippen LogP contribution >= 0.6 is 0 Å². The number of carbonyl (C=O) groups is 1. The summed E-state index contributed by atoms with van der Waals surface area (Å²) in [4.78, 5) is 10.3. The predicted molar refractivity (Wildman–Crippen MR) is 96.7 cm³/mol. The van der Waals surface area contributed by atoms with Crippen LogP contribution in [-0.4, -0.2) is 22.7 Å². The van der Waals surface area contributed by atoms with Gasteiger partial charge < -0.3 is 16.2 Å². The van der Waals surface area contributed by atoms with Gasteiger partial charge in [0.05, 0.1) is 5.56 Å². The van der Waals surface area contributed by atoms with Gasteiger partial charge in [-0.3, -0.25) is 0 Å². The van der Waals surface area contributed by atoms with Crippen LogP contribution in [0.5, 0.6) is 0 Å². The largest absolute Gasteiger partial charge is 0.478 e. The van der Waals surface area contributed by atoms with Gasteiger partial charge in [-0.2, -0.15) is 0 Å². The molecule has 0 amide bonds. The van der Waals surface area contributed by atoms with Gasteiger partial charge in [0, 0.05) is 17.3 Å². The highest BCUT2D eigenvalue weighted by molar-refractivity contribution is 5.87.